The van der Waals surface area contributed by atoms with Crippen molar-refractivity contribution in [3.8, 4) is 0 Å². The lowest BCUT2D eigenvalue weighted by Crippen LogP contribution is -2.60. The highest BCUT2D eigenvalue weighted by Crippen LogP contribution is 2.20. The Morgan fingerprint density at radius 3 is 3.11 bits per heavy atom. The zero-order valence-corrected chi connectivity index (χ0v) is 10.3. The van der Waals surface area contributed by atoms with Crippen LogP contribution in [0.25, 0.3) is 15.7 Å². The molecule has 0 bridgehead atoms. The van der Waals surface area contributed by atoms with E-state index in [1.165, 1.54) is 11.3 Å². The van der Waals surface area contributed by atoms with Crippen LogP contribution in [0.5, 0.6) is 0 Å². The lowest BCUT2D eigenvalue weighted by atomic mass is 10.2. The number of thiophene rings is 1. The molecule has 0 fully saturated rings. The second-order valence-corrected chi connectivity index (χ2v) is 4.27. The minimum Gasteiger partial charge on any atom is -0.508 e. The van der Waals surface area contributed by atoms with Gasteiger partial charge in [0.05, 0.1) is 12.0 Å². The number of esters is 1. The van der Waals surface area contributed by atoms with E-state index in [1.807, 2.05) is 5.11 Å². The Morgan fingerprint density at radius 2 is 2.44 bits per heavy atom. The van der Waals surface area contributed by atoms with E-state index in [4.69, 9.17) is 10.3 Å². The monoisotopic (exact) mass is 266 g/mol. The Balaban J connectivity index is 2.54. The van der Waals surface area contributed by atoms with Gasteiger partial charge in [0, 0.05) is 10.9 Å². The van der Waals surface area contributed by atoms with E-state index < -0.39 is 11.5 Å². The standard InChI is InChI=1S/C10H10N4O3S/c1-2-17-10(16)7-13-8(15)6-5(3-12-11)4-18-9(6)14-7/h4,12H,2-3H2,1H3,(H,13,14,15). The van der Waals surface area contributed by atoms with Crippen molar-refractivity contribution < 1.29 is 14.6 Å². The van der Waals surface area contributed by atoms with Gasteiger partial charge in [0.15, 0.2) is 6.54 Å². The lowest BCUT2D eigenvalue weighted by Gasteiger charge is -2.00. The van der Waals surface area contributed by atoms with Crippen LogP contribution in [-0.4, -0.2) is 22.5 Å². The summed E-state index contributed by atoms with van der Waals surface area (Å²) in [6.07, 6.45) is 0. The van der Waals surface area contributed by atoms with Gasteiger partial charge in [-0.15, -0.1) is 11.3 Å². The average Bonchev–Trinajstić information content (AvgIpc) is 2.74. The highest BCUT2D eigenvalue weighted by molar-refractivity contribution is 7.16. The minimum absolute atomic E-state index is 0.111. The Hall–Kier alpha value is -2.09. The number of fused-ring (bicyclic) bond motifs is 1. The number of hydrogen-bond donors (Lipinski definition) is 2. The van der Waals surface area contributed by atoms with Crippen LogP contribution in [-0.2, 0) is 11.3 Å². The summed E-state index contributed by atoms with van der Waals surface area (Å²) in [6.45, 7) is 2.03. The number of H-pyrrole nitrogens is 1. The number of carbonyl (C=O) groups excluding carboxylic acids is 1. The quantitative estimate of drug-likeness (QED) is 0.588. The highest BCUT2D eigenvalue weighted by atomic mass is 32.1. The third-order valence-corrected chi connectivity index (χ3v) is 3.18. The minimum atomic E-state index is -0.660. The van der Waals surface area contributed by atoms with E-state index >= 15 is 0 Å². The first-order valence-corrected chi connectivity index (χ1v) is 6.09. The third-order valence-electron chi connectivity index (χ3n) is 2.26. The fourth-order valence-electron chi connectivity index (χ4n) is 1.52. The maximum absolute atomic E-state index is 11.9. The molecular formula is C10H10N4O3S. The first-order valence-electron chi connectivity index (χ1n) is 5.21. The Kier molecular flexibility index (Phi) is 3.47. The van der Waals surface area contributed by atoms with Gasteiger partial charge in [-0.1, -0.05) is 0 Å². The molecule has 2 heterocycles. The summed E-state index contributed by atoms with van der Waals surface area (Å²) >= 11 is 1.23. The van der Waals surface area contributed by atoms with Gasteiger partial charge in [0.25, 0.3) is 5.56 Å². The van der Waals surface area contributed by atoms with Crippen LogP contribution in [0.2, 0.25) is 0 Å². The second kappa shape index (κ2) is 5.05. The maximum atomic E-state index is 11.9. The van der Waals surface area contributed by atoms with E-state index in [0.29, 0.717) is 15.8 Å². The summed E-state index contributed by atoms with van der Waals surface area (Å²) < 4.78 is 4.77. The fourth-order valence-corrected chi connectivity index (χ4v) is 2.46. The summed E-state index contributed by atoms with van der Waals surface area (Å²) in [6, 6.07) is 0. The molecule has 0 saturated heterocycles. The molecule has 0 atom stereocenters. The van der Waals surface area contributed by atoms with Crippen molar-refractivity contribution in [1.82, 2.24) is 9.97 Å². The van der Waals surface area contributed by atoms with Gasteiger partial charge in [0.2, 0.25) is 5.82 Å². The molecule has 0 unspecified atom stereocenters. The zero-order chi connectivity index (χ0) is 13.1. The number of nitrogens with zero attached hydrogens (tertiary/aromatic N) is 2. The molecule has 18 heavy (non-hydrogen) atoms. The topological polar surface area (TPSA) is 108 Å². The molecule has 8 heteroatoms. The normalized spacial score (nSPS) is 10.5. The summed E-state index contributed by atoms with van der Waals surface area (Å²) in [5.74, 6) is -0.772. The summed E-state index contributed by atoms with van der Waals surface area (Å²) in [5.41, 5.74) is 8.85. The third kappa shape index (κ3) is 2.14. The molecule has 0 amide bonds. The van der Waals surface area contributed by atoms with Crippen molar-refractivity contribution in [2.75, 3.05) is 6.61 Å². The highest BCUT2D eigenvalue weighted by Gasteiger charge is 2.16. The molecule has 0 spiro atoms. The number of carbonyl (C=O) groups is 1. The van der Waals surface area contributed by atoms with Crippen LogP contribution in [0.3, 0.4) is 0 Å². The number of ether oxygens (including phenoxy) is 1. The summed E-state index contributed by atoms with van der Waals surface area (Å²) in [7, 11) is 0. The van der Waals surface area contributed by atoms with E-state index in [-0.39, 0.29) is 19.0 Å². The van der Waals surface area contributed by atoms with Gasteiger partial charge in [-0.25, -0.2) is 9.78 Å². The van der Waals surface area contributed by atoms with E-state index in [0.717, 1.165) is 0 Å². The number of aromatic nitrogens is 2. The molecule has 0 radical (unpaired) electrons. The van der Waals surface area contributed by atoms with Gasteiger partial charge in [-0.3, -0.25) is 4.79 Å². The lowest BCUT2D eigenvalue weighted by molar-refractivity contribution is -0.498. The predicted molar refractivity (Wildman–Crippen MR) is 64.2 cm³/mol. The van der Waals surface area contributed by atoms with E-state index in [9.17, 15) is 9.59 Å². The van der Waals surface area contributed by atoms with E-state index in [2.05, 4.69) is 9.97 Å². The van der Waals surface area contributed by atoms with Crippen molar-refractivity contribution in [3.63, 3.8) is 0 Å². The summed E-state index contributed by atoms with van der Waals surface area (Å²) in [5, 5.41) is 4.05. The molecule has 2 N–H and O–H groups in total. The Morgan fingerprint density at radius 1 is 1.67 bits per heavy atom. The number of rotatable bonds is 4. The number of aromatic amines is 1. The molecule has 94 valence electrons. The van der Waals surface area contributed by atoms with Crippen molar-refractivity contribution in [1.29, 1.82) is 0 Å². The van der Waals surface area contributed by atoms with Gasteiger partial charge in [-0.05, 0) is 6.92 Å². The molecule has 7 nitrogen and oxygen atoms in total. The Labute approximate surface area is 105 Å². The molecule has 0 aliphatic carbocycles. The first kappa shape index (κ1) is 12.4. The molecule has 0 aromatic carbocycles. The van der Waals surface area contributed by atoms with Crippen LogP contribution in [0.15, 0.2) is 10.2 Å². The van der Waals surface area contributed by atoms with Gasteiger partial charge in [0.1, 0.15) is 4.83 Å². The Bertz CT molecular complexity index is 661. The SMILES string of the molecule is CCOC(=O)c1nc2scc(C[NH+]=[N-])c2c(=O)[nH]1. The predicted octanol–water partition coefficient (Wildman–Crippen LogP) is -0.237. The van der Waals surface area contributed by atoms with Crippen molar-refractivity contribution in [3.05, 3.63) is 32.7 Å². The average molecular weight is 266 g/mol. The van der Waals surface area contributed by atoms with Crippen LogP contribution < -0.4 is 10.7 Å². The molecule has 0 aliphatic rings. The van der Waals surface area contributed by atoms with Crippen LogP contribution in [0.4, 0.5) is 0 Å². The molecule has 0 aliphatic heterocycles. The molecule has 2 aromatic heterocycles. The fraction of sp³-hybridized carbons (Fsp3) is 0.300. The van der Waals surface area contributed by atoms with Gasteiger partial charge >= 0.3 is 5.97 Å². The molecule has 2 aromatic rings. The molecule has 0 saturated carbocycles. The molecular weight excluding hydrogens is 256 g/mol. The van der Waals surface area contributed by atoms with Crippen molar-refractivity contribution in [2.45, 2.75) is 13.5 Å². The van der Waals surface area contributed by atoms with Gasteiger partial charge in [-0.2, -0.15) is 0 Å². The van der Waals surface area contributed by atoms with E-state index in [1.54, 1.807) is 12.3 Å². The summed E-state index contributed by atoms with van der Waals surface area (Å²) in [4.78, 5) is 30.2. The van der Waals surface area contributed by atoms with Crippen molar-refractivity contribution >= 4 is 27.5 Å². The maximum Gasteiger partial charge on any atom is 0.374 e. The smallest absolute Gasteiger partial charge is 0.374 e. The van der Waals surface area contributed by atoms with Crippen molar-refractivity contribution in [2.24, 2.45) is 0 Å². The number of hydrogen-bond acceptors (Lipinski definition) is 5. The molecule has 2 rings (SSSR count). The number of nitrogens with one attached hydrogen (secondary N) is 2. The van der Waals surface area contributed by atoms with Crippen LogP contribution in [0, 0.1) is 0 Å². The second-order valence-electron chi connectivity index (χ2n) is 3.41. The first-order chi connectivity index (χ1) is 8.67. The van der Waals surface area contributed by atoms with Crippen LogP contribution in [0.1, 0.15) is 23.1 Å². The zero-order valence-electron chi connectivity index (χ0n) is 9.52. The largest absolute Gasteiger partial charge is 0.508 e. The van der Waals surface area contributed by atoms with Gasteiger partial charge < -0.3 is 20.4 Å². The van der Waals surface area contributed by atoms with Crippen LogP contribution >= 0.6 is 11.3 Å².